The minimum atomic E-state index is -1.57. The summed E-state index contributed by atoms with van der Waals surface area (Å²) in [5.74, 6) is -0.107. The van der Waals surface area contributed by atoms with Crippen molar-refractivity contribution in [2.75, 3.05) is 32.2 Å². The van der Waals surface area contributed by atoms with Crippen LogP contribution in [0.4, 0.5) is 0 Å². The maximum Gasteiger partial charge on any atom is 0.338 e. The van der Waals surface area contributed by atoms with Crippen LogP contribution < -0.4 is 5.32 Å². The van der Waals surface area contributed by atoms with Crippen LogP contribution in [0.3, 0.4) is 0 Å². The number of carbonyl (C=O) groups is 1. The molecule has 0 radical (unpaired) electrons. The second kappa shape index (κ2) is 6.44. The van der Waals surface area contributed by atoms with E-state index in [-0.39, 0.29) is 6.54 Å². The Hall–Kier alpha value is -0.300. The lowest BCUT2D eigenvalue weighted by molar-refractivity contribution is -0.160. The number of aliphatic hydroxyl groups is 2. The summed E-state index contributed by atoms with van der Waals surface area (Å²) in [6.07, 6.45) is 1.90. The summed E-state index contributed by atoms with van der Waals surface area (Å²) in [5, 5.41) is 22.4. The SMILES string of the molecule is COC(=O)C(C)(O)CNCC(C)(O)CSC. The molecule has 0 spiro atoms. The molecule has 96 valence electrons. The zero-order chi connectivity index (χ0) is 12.8. The lowest BCUT2D eigenvalue weighted by atomic mass is 10.1. The van der Waals surface area contributed by atoms with E-state index >= 15 is 0 Å². The van der Waals surface area contributed by atoms with Crippen LogP contribution in [-0.2, 0) is 9.53 Å². The maximum absolute atomic E-state index is 11.1. The van der Waals surface area contributed by atoms with Crippen molar-refractivity contribution in [3.8, 4) is 0 Å². The van der Waals surface area contributed by atoms with E-state index in [4.69, 9.17) is 0 Å². The average molecular weight is 251 g/mol. The van der Waals surface area contributed by atoms with Crippen LogP contribution in [-0.4, -0.2) is 59.6 Å². The number of ether oxygens (including phenoxy) is 1. The summed E-state index contributed by atoms with van der Waals surface area (Å²) in [4.78, 5) is 11.1. The standard InChI is InChI=1S/C10H21NO4S/c1-9(13,7-16-4)5-11-6-10(2,14)8(12)15-3/h11,13-14H,5-7H2,1-4H3. The molecule has 2 atom stereocenters. The third kappa shape index (κ3) is 5.69. The Kier molecular flexibility index (Phi) is 6.32. The van der Waals surface area contributed by atoms with Crippen LogP contribution in [0.15, 0.2) is 0 Å². The fourth-order valence-corrected chi connectivity index (χ4v) is 1.95. The highest BCUT2D eigenvalue weighted by Gasteiger charge is 2.31. The molecular formula is C10H21NO4S. The summed E-state index contributed by atoms with van der Waals surface area (Å²) in [6, 6.07) is 0. The topological polar surface area (TPSA) is 78.8 Å². The van der Waals surface area contributed by atoms with Crippen LogP contribution in [0, 0.1) is 0 Å². The Balaban J connectivity index is 4.02. The van der Waals surface area contributed by atoms with Gasteiger partial charge in [0.05, 0.1) is 12.7 Å². The largest absolute Gasteiger partial charge is 0.467 e. The number of hydrogen-bond donors (Lipinski definition) is 3. The highest BCUT2D eigenvalue weighted by atomic mass is 32.2. The van der Waals surface area contributed by atoms with Gasteiger partial charge in [0, 0.05) is 18.8 Å². The number of hydrogen-bond acceptors (Lipinski definition) is 6. The number of rotatable bonds is 7. The molecule has 0 saturated carbocycles. The van der Waals surface area contributed by atoms with Gasteiger partial charge in [0.15, 0.2) is 5.60 Å². The van der Waals surface area contributed by atoms with E-state index in [0.29, 0.717) is 12.3 Å². The van der Waals surface area contributed by atoms with E-state index in [1.54, 1.807) is 6.92 Å². The molecule has 3 N–H and O–H groups in total. The molecule has 0 saturated heterocycles. The smallest absolute Gasteiger partial charge is 0.338 e. The van der Waals surface area contributed by atoms with Crippen LogP contribution in [0.1, 0.15) is 13.8 Å². The van der Waals surface area contributed by atoms with Gasteiger partial charge in [-0.05, 0) is 20.1 Å². The van der Waals surface area contributed by atoms with Gasteiger partial charge in [0.1, 0.15) is 0 Å². The van der Waals surface area contributed by atoms with Crippen LogP contribution >= 0.6 is 11.8 Å². The maximum atomic E-state index is 11.1. The van der Waals surface area contributed by atoms with Gasteiger partial charge in [-0.25, -0.2) is 4.79 Å². The molecule has 6 heteroatoms. The fourth-order valence-electron chi connectivity index (χ4n) is 1.23. The molecular weight excluding hydrogens is 230 g/mol. The molecule has 5 nitrogen and oxygen atoms in total. The zero-order valence-electron chi connectivity index (χ0n) is 10.2. The molecule has 0 amide bonds. The Morgan fingerprint density at radius 3 is 2.38 bits per heavy atom. The quantitative estimate of drug-likeness (QED) is 0.535. The summed E-state index contributed by atoms with van der Waals surface area (Å²) >= 11 is 1.53. The first-order chi connectivity index (χ1) is 7.25. The van der Waals surface area contributed by atoms with Crippen molar-refractivity contribution < 1.29 is 19.7 Å². The van der Waals surface area contributed by atoms with E-state index in [1.165, 1.54) is 25.8 Å². The lowest BCUT2D eigenvalue weighted by Crippen LogP contribution is -2.49. The minimum Gasteiger partial charge on any atom is -0.467 e. The van der Waals surface area contributed by atoms with Gasteiger partial charge < -0.3 is 20.3 Å². The van der Waals surface area contributed by atoms with Crippen LogP contribution in [0.5, 0.6) is 0 Å². The van der Waals surface area contributed by atoms with Gasteiger partial charge >= 0.3 is 5.97 Å². The normalized spacial score (nSPS) is 18.6. The second-order valence-electron chi connectivity index (χ2n) is 4.30. The van der Waals surface area contributed by atoms with Crippen LogP contribution in [0.2, 0.25) is 0 Å². The molecule has 0 aliphatic heterocycles. The van der Waals surface area contributed by atoms with Gasteiger partial charge in [-0.15, -0.1) is 0 Å². The zero-order valence-corrected chi connectivity index (χ0v) is 11.1. The third-order valence-electron chi connectivity index (χ3n) is 2.06. The highest BCUT2D eigenvalue weighted by molar-refractivity contribution is 7.98. The molecule has 0 rings (SSSR count). The lowest BCUT2D eigenvalue weighted by Gasteiger charge is -2.26. The van der Waals surface area contributed by atoms with Gasteiger partial charge in [-0.3, -0.25) is 0 Å². The van der Waals surface area contributed by atoms with Crippen molar-refractivity contribution in [2.24, 2.45) is 0 Å². The third-order valence-corrected chi connectivity index (χ3v) is 2.97. The fraction of sp³-hybridized carbons (Fsp3) is 0.900. The van der Waals surface area contributed by atoms with E-state index < -0.39 is 17.2 Å². The molecule has 0 heterocycles. The summed E-state index contributed by atoms with van der Waals surface area (Å²) in [7, 11) is 1.22. The van der Waals surface area contributed by atoms with Crippen LogP contribution in [0.25, 0.3) is 0 Å². The van der Waals surface area contributed by atoms with Crippen molar-refractivity contribution in [3.63, 3.8) is 0 Å². The first-order valence-corrected chi connectivity index (χ1v) is 6.37. The molecule has 16 heavy (non-hydrogen) atoms. The Labute approximate surface area is 101 Å². The number of carbonyl (C=O) groups excluding carboxylic acids is 1. The molecule has 0 bridgehead atoms. The minimum absolute atomic E-state index is 0.0458. The Morgan fingerprint density at radius 2 is 1.94 bits per heavy atom. The molecule has 0 aromatic heterocycles. The van der Waals surface area contributed by atoms with Crippen molar-refractivity contribution >= 4 is 17.7 Å². The van der Waals surface area contributed by atoms with Crippen molar-refractivity contribution in [1.82, 2.24) is 5.32 Å². The predicted molar refractivity (Wildman–Crippen MR) is 64.5 cm³/mol. The predicted octanol–water partition coefficient (Wildman–Crippen LogP) is -0.386. The summed E-state index contributed by atoms with van der Waals surface area (Å²) in [5.41, 5.74) is -2.42. The number of esters is 1. The molecule has 0 aromatic carbocycles. The monoisotopic (exact) mass is 251 g/mol. The molecule has 0 fully saturated rings. The summed E-state index contributed by atoms with van der Waals surface area (Å²) < 4.78 is 4.45. The summed E-state index contributed by atoms with van der Waals surface area (Å²) in [6.45, 7) is 3.42. The molecule has 0 aromatic rings. The second-order valence-corrected chi connectivity index (χ2v) is 5.16. The first kappa shape index (κ1) is 15.7. The number of methoxy groups -OCH3 is 1. The van der Waals surface area contributed by atoms with Gasteiger partial charge in [-0.2, -0.15) is 11.8 Å². The first-order valence-electron chi connectivity index (χ1n) is 4.98. The number of thioether (sulfide) groups is 1. The van der Waals surface area contributed by atoms with Gasteiger partial charge in [0.25, 0.3) is 0 Å². The molecule has 0 aliphatic carbocycles. The van der Waals surface area contributed by atoms with E-state index in [9.17, 15) is 15.0 Å². The van der Waals surface area contributed by atoms with Gasteiger partial charge in [0.2, 0.25) is 0 Å². The van der Waals surface area contributed by atoms with Crippen molar-refractivity contribution in [1.29, 1.82) is 0 Å². The Morgan fingerprint density at radius 1 is 1.38 bits per heavy atom. The molecule has 0 aliphatic rings. The van der Waals surface area contributed by atoms with E-state index in [2.05, 4.69) is 10.1 Å². The highest BCUT2D eigenvalue weighted by Crippen LogP contribution is 2.10. The Bertz CT molecular complexity index is 231. The number of nitrogens with one attached hydrogen (secondary N) is 1. The van der Waals surface area contributed by atoms with E-state index in [0.717, 1.165) is 0 Å². The van der Waals surface area contributed by atoms with E-state index in [1.807, 2.05) is 6.26 Å². The van der Waals surface area contributed by atoms with Crippen molar-refractivity contribution in [2.45, 2.75) is 25.0 Å². The molecule has 2 unspecified atom stereocenters. The average Bonchev–Trinajstić information content (AvgIpc) is 2.15. The van der Waals surface area contributed by atoms with Gasteiger partial charge in [-0.1, -0.05) is 0 Å². The van der Waals surface area contributed by atoms with Crippen molar-refractivity contribution in [3.05, 3.63) is 0 Å².